The third-order valence-corrected chi connectivity index (χ3v) is 5.29. The molecule has 2 heteroatoms. The average Bonchev–Trinajstić information content (AvgIpc) is 2.64. The number of fused-ring (bicyclic) bond motifs is 1. The van der Waals surface area contributed by atoms with Gasteiger partial charge in [0.2, 0.25) is 0 Å². The van der Waals surface area contributed by atoms with Gasteiger partial charge in [0, 0.05) is 12.8 Å². The zero-order valence-corrected chi connectivity index (χ0v) is 12.9. The van der Waals surface area contributed by atoms with Gasteiger partial charge in [-0.05, 0) is 49.4 Å². The topological polar surface area (TPSA) is 26.3 Å². The summed E-state index contributed by atoms with van der Waals surface area (Å²) in [4.78, 5) is 11.4. The molecule has 2 nitrogen and oxygen atoms in total. The van der Waals surface area contributed by atoms with Gasteiger partial charge in [0.1, 0.15) is 6.10 Å². The highest BCUT2D eigenvalue weighted by molar-refractivity contribution is 5.66. The van der Waals surface area contributed by atoms with Crippen LogP contribution in [0.5, 0.6) is 0 Å². The minimum atomic E-state index is -0.145. The molecule has 0 unspecified atom stereocenters. The van der Waals surface area contributed by atoms with Crippen LogP contribution < -0.4 is 0 Å². The van der Waals surface area contributed by atoms with E-state index in [4.69, 9.17) is 4.74 Å². The number of carbonyl (C=O) groups excluding carboxylic acids is 1. The van der Waals surface area contributed by atoms with E-state index in [2.05, 4.69) is 27.4 Å². The van der Waals surface area contributed by atoms with Gasteiger partial charge in [-0.1, -0.05) is 32.9 Å². The van der Waals surface area contributed by atoms with Crippen molar-refractivity contribution in [1.82, 2.24) is 0 Å². The van der Waals surface area contributed by atoms with E-state index < -0.39 is 0 Å². The van der Waals surface area contributed by atoms with Gasteiger partial charge < -0.3 is 4.74 Å². The van der Waals surface area contributed by atoms with Crippen LogP contribution in [0.3, 0.4) is 0 Å². The fourth-order valence-corrected chi connectivity index (χ4v) is 4.55. The van der Waals surface area contributed by atoms with Gasteiger partial charge in [-0.3, -0.25) is 4.79 Å². The van der Waals surface area contributed by atoms with Crippen LogP contribution in [0.25, 0.3) is 0 Å². The largest absolute Gasteiger partial charge is 0.462 e. The molecule has 2 aliphatic carbocycles. The molecule has 19 heavy (non-hydrogen) atoms. The summed E-state index contributed by atoms with van der Waals surface area (Å²) in [7, 11) is 0. The Hall–Kier alpha value is -0.790. The molecule has 0 saturated heterocycles. The van der Waals surface area contributed by atoms with E-state index >= 15 is 0 Å². The van der Waals surface area contributed by atoms with Crippen LogP contribution in [0, 0.1) is 23.2 Å². The van der Waals surface area contributed by atoms with Crippen molar-refractivity contribution in [2.75, 3.05) is 0 Å². The molecule has 2 aliphatic rings. The molecule has 2 saturated carbocycles. The highest BCUT2D eigenvalue weighted by atomic mass is 16.5. The van der Waals surface area contributed by atoms with Crippen LogP contribution in [-0.4, -0.2) is 12.1 Å². The first kappa shape index (κ1) is 14.6. The number of carbonyl (C=O) groups is 1. The number of ether oxygens (including phenoxy) is 1. The van der Waals surface area contributed by atoms with Crippen molar-refractivity contribution in [3.8, 4) is 0 Å². The summed E-state index contributed by atoms with van der Waals surface area (Å²) < 4.78 is 5.66. The molecule has 0 aromatic heterocycles. The first-order valence-electron chi connectivity index (χ1n) is 7.70. The lowest BCUT2D eigenvalue weighted by Crippen LogP contribution is -2.39. The summed E-state index contributed by atoms with van der Waals surface area (Å²) in [5.74, 6) is 1.26. The summed E-state index contributed by atoms with van der Waals surface area (Å²) in [6.45, 7) is 12.6. The lowest BCUT2D eigenvalue weighted by atomic mass is 9.64. The second kappa shape index (κ2) is 5.30. The number of hydrogen-bond acceptors (Lipinski definition) is 2. The first-order chi connectivity index (χ1) is 8.85. The minimum Gasteiger partial charge on any atom is -0.462 e. The van der Waals surface area contributed by atoms with Crippen LogP contribution in [0.1, 0.15) is 59.8 Å². The Balaban J connectivity index is 2.23. The monoisotopic (exact) mass is 264 g/mol. The molecule has 0 aliphatic heterocycles. The van der Waals surface area contributed by atoms with Crippen molar-refractivity contribution >= 4 is 5.97 Å². The predicted molar refractivity (Wildman–Crippen MR) is 77.7 cm³/mol. The van der Waals surface area contributed by atoms with Gasteiger partial charge in [0.05, 0.1) is 0 Å². The van der Waals surface area contributed by atoms with Gasteiger partial charge in [-0.25, -0.2) is 0 Å². The Morgan fingerprint density at radius 3 is 2.68 bits per heavy atom. The minimum absolute atomic E-state index is 0.0548. The maximum atomic E-state index is 11.4. The molecule has 0 aromatic carbocycles. The molecule has 2 fully saturated rings. The van der Waals surface area contributed by atoms with Crippen molar-refractivity contribution in [1.29, 1.82) is 0 Å². The van der Waals surface area contributed by atoms with Gasteiger partial charge in [-0.15, -0.1) is 0 Å². The predicted octanol–water partition coefficient (Wildman–Crippen LogP) is 4.35. The first-order valence-corrected chi connectivity index (χ1v) is 7.70. The standard InChI is InChI=1S/C17H28O2/c1-11(2)16(19-13(4)18)14-8-10-17(5)9-6-7-12(3)15(14)17/h11,14-16H,3,6-10H2,1-2,4-5H3/t14-,15+,16+,17-/m0/s1. The Morgan fingerprint density at radius 1 is 1.42 bits per heavy atom. The number of esters is 1. The third kappa shape index (κ3) is 2.73. The molecule has 0 amide bonds. The second-order valence-electron chi connectivity index (χ2n) is 7.16. The Labute approximate surface area is 117 Å². The number of allylic oxidation sites excluding steroid dienone is 1. The van der Waals surface area contributed by atoms with E-state index in [1.807, 2.05) is 0 Å². The van der Waals surface area contributed by atoms with Crippen LogP contribution in [-0.2, 0) is 9.53 Å². The molecule has 0 bridgehead atoms. The van der Waals surface area contributed by atoms with Crippen LogP contribution in [0.15, 0.2) is 12.2 Å². The van der Waals surface area contributed by atoms with Crippen molar-refractivity contribution in [3.63, 3.8) is 0 Å². The lowest BCUT2D eigenvalue weighted by molar-refractivity contribution is -0.153. The smallest absolute Gasteiger partial charge is 0.302 e. The molecule has 108 valence electrons. The van der Waals surface area contributed by atoms with E-state index in [0.717, 1.165) is 6.42 Å². The van der Waals surface area contributed by atoms with Crippen LogP contribution in [0.2, 0.25) is 0 Å². The molecule has 0 aromatic rings. The molecule has 0 radical (unpaired) electrons. The normalized spacial score (nSPS) is 36.2. The zero-order valence-electron chi connectivity index (χ0n) is 12.9. The van der Waals surface area contributed by atoms with Gasteiger partial charge in [0.25, 0.3) is 0 Å². The van der Waals surface area contributed by atoms with Gasteiger partial charge in [-0.2, -0.15) is 0 Å². The zero-order chi connectivity index (χ0) is 14.2. The van der Waals surface area contributed by atoms with E-state index in [0.29, 0.717) is 23.2 Å². The molecule has 0 N–H and O–H groups in total. The number of hydrogen-bond donors (Lipinski definition) is 0. The molecule has 2 rings (SSSR count). The van der Waals surface area contributed by atoms with E-state index in [9.17, 15) is 4.79 Å². The summed E-state index contributed by atoms with van der Waals surface area (Å²) in [6, 6.07) is 0. The van der Waals surface area contributed by atoms with Gasteiger partial charge in [0.15, 0.2) is 0 Å². The SMILES string of the molecule is C=C1CCC[C@@]2(C)CC[C@H]([C@H](OC(C)=O)C(C)C)[C@@H]12. The Morgan fingerprint density at radius 2 is 2.11 bits per heavy atom. The van der Waals surface area contributed by atoms with Crippen LogP contribution in [0.4, 0.5) is 0 Å². The van der Waals surface area contributed by atoms with Crippen LogP contribution >= 0.6 is 0 Å². The summed E-state index contributed by atoms with van der Waals surface area (Å²) in [5, 5.41) is 0. The summed E-state index contributed by atoms with van der Waals surface area (Å²) >= 11 is 0. The van der Waals surface area contributed by atoms with E-state index in [1.54, 1.807) is 0 Å². The Kier molecular flexibility index (Phi) is 4.08. The van der Waals surface area contributed by atoms with Gasteiger partial charge >= 0.3 is 5.97 Å². The second-order valence-corrected chi connectivity index (χ2v) is 7.16. The fraction of sp³-hybridized carbons (Fsp3) is 0.824. The van der Waals surface area contributed by atoms with E-state index in [1.165, 1.54) is 38.2 Å². The maximum Gasteiger partial charge on any atom is 0.302 e. The molecular weight excluding hydrogens is 236 g/mol. The van der Waals surface area contributed by atoms with E-state index in [-0.39, 0.29) is 12.1 Å². The fourth-order valence-electron chi connectivity index (χ4n) is 4.55. The molecule has 0 heterocycles. The summed E-state index contributed by atoms with van der Waals surface area (Å²) in [5.41, 5.74) is 1.79. The van der Waals surface area contributed by atoms with Crippen molar-refractivity contribution in [2.45, 2.75) is 65.9 Å². The highest BCUT2D eigenvalue weighted by Gasteiger charge is 2.51. The molecule has 0 spiro atoms. The van der Waals surface area contributed by atoms with Crippen molar-refractivity contribution < 1.29 is 9.53 Å². The Bertz CT molecular complexity index is 371. The number of rotatable bonds is 3. The quantitative estimate of drug-likeness (QED) is 0.559. The summed E-state index contributed by atoms with van der Waals surface area (Å²) in [6.07, 6.45) is 6.22. The molecule has 4 atom stereocenters. The van der Waals surface area contributed by atoms with Crippen molar-refractivity contribution in [2.24, 2.45) is 23.2 Å². The lowest BCUT2D eigenvalue weighted by Gasteiger charge is -2.42. The third-order valence-electron chi connectivity index (χ3n) is 5.29. The average molecular weight is 264 g/mol. The maximum absolute atomic E-state index is 11.4. The highest BCUT2D eigenvalue weighted by Crippen LogP contribution is 2.58. The van der Waals surface area contributed by atoms with Crippen molar-refractivity contribution in [3.05, 3.63) is 12.2 Å². The molecular formula is C17H28O2.